The monoisotopic (exact) mass is 374 g/mol. The van der Waals surface area contributed by atoms with Crippen molar-refractivity contribution in [2.45, 2.75) is 31.6 Å². The molecule has 136 valence electrons. The molecule has 1 saturated heterocycles. The number of amides is 1. The van der Waals surface area contributed by atoms with Gasteiger partial charge < -0.3 is 4.74 Å². The lowest BCUT2D eigenvalue weighted by molar-refractivity contribution is -0.139. The first-order valence-electron chi connectivity index (χ1n) is 8.30. The third kappa shape index (κ3) is 3.19. The highest BCUT2D eigenvalue weighted by Gasteiger charge is 2.47. The van der Waals surface area contributed by atoms with Crippen molar-refractivity contribution < 1.29 is 18.7 Å². The molecule has 0 bridgehead atoms. The summed E-state index contributed by atoms with van der Waals surface area (Å²) in [5.74, 6) is -1.15. The van der Waals surface area contributed by atoms with E-state index in [9.17, 15) is 14.0 Å². The standard InChI is InChI=1S/C19H19FN2O3S/c1-4-9-25-18(24)15-11(3)21-19-22(17(23)14(5-2)26-19)16(15)12-7-6-8-13(20)10-12/h4,6-8,10,14,16H,1,5,9H2,2-3H3/t14-,16-/m1/s1. The van der Waals surface area contributed by atoms with Gasteiger partial charge in [0.05, 0.1) is 22.6 Å². The number of amidine groups is 1. The number of allylic oxidation sites excluding steroid dienone is 1. The van der Waals surface area contributed by atoms with Crippen molar-refractivity contribution in [3.8, 4) is 0 Å². The SMILES string of the molecule is C=CCOC(=O)C1=C(C)N=C2S[C@H](CC)C(=O)N2[C@@H]1c1cccc(F)c1. The van der Waals surface area contributed by atoms with Gasteiger partial charge in [-0.15, -0.1) is 0 Å². The maximum absolute atomic E-state index is 13.8. The molecule has 2 atom stereocenters. The predicted molar refractivity (Wildman–Crippen MR) is 98.9 cm³/mol. The minimum Gasteiger partial charge on any atom is -0.458 e. The van der Waals surface area contributed by atoms with Crippen molar-refractivity contribution >= 4 is 28.8 Å². The number of hydrogen-bond acceptors (Lipinski definition) is 5. The second-order valence-electron chi connectivity index (χ2n) is 5.96. The number of fused-ring (bicyclic) bond motifs is 1. The first kappa shape index (κ1) is 18.4. The van der Waals surface area contributed by atoms with Gasteiger partial charge in [0.15, 0.2) is 5.17 Å². The van der Waals surface area contributed by atoms with E-state index in [-0.39, 0.29) is 23.3 Å². The van der Waals surface area contributed by atoms with E-state index < -0.39 is 17.8 Å². The molecule has 2 aliphatic rings. The van der Waals surface area contributed by atoms with E-state index in [0.29, 0.717) is 22.8 Å². The minimum absolute atomic E-state index is 0.0440. The summed E-state index contributed by atoms with van der Waals surface area (Å²) < 4.78 is 19.0. The van der Waals surface area contributed by atoms with E-state index in [2.05, 4.69) is 11.6 Å². The van der Waals surface area contributed by atoms with Crippen molar-refractivity contribution in [1.29, 1.82) is 0 Å². The first-order chi connectivity index (χ1) is 12.5. The van der Waals surface area contributed by atoms with Crippen LogP contribution in [0.15, 0.2) is 53.2 Å². The Morgan fingerprint density at radius 3 is 2.92 bits per heavy atom. The molecule has 2 aliphatic heterocycles. The van der Waals surface area contributed by atoms with Crippen LogP contribution in [-0.2, 0) is 14.3 Å². The molecule has 26 heavy (non-hydrogen) atoms. The van der Waals surface area contributed by atoms with Crippen LogP contribution in [0.5, 0.6) is 0 Å². The van der Waals surface area contributed by atoms with Crippen LogP contribution in [0.1, 0.15) is 31.9 Å². The van der Waals surface area contributed by atoms with Crippen LogP contribution in [-0.4, -0.2) is 33.8 Å². The molecule has 1 fully saturated rings. The van der Waals surface area contributed by atoms with Crippen LogP contribution in [0.3, 0.4) is 0 Å². The summed E-state index contributed by atoms with van der Waals surface area (Å²) in [6, 6.07) is 5.15. The van der Waals surface area contributed by atoms with E-state index in [1.54, 1.807) is 19.1 Å². The van der Waals surface area contributed by atoms with E-state index in [0.717, 1.165) is 0 Å². The molecule has 0 radical (unpaired) electrons. The highest BCUT2D eigenvalue weighted by Crippen LogP contribution is 2.44. The van der Waals surface area contributed by atoms with E-state index in [1.165, 1.54) is 34.9 Å². The summed E-state index contributed by atoms with van der Waals surface area (Å²) >= 11 is 1.37. The number of carbonyl (C=O) groups excluding carboxylic acids is 2. The predicted octanol–water partition coefficient (Wildman–Crippen LogP) is 3.59. The number of nitrogens with zero attached hydrogens (tertiary/aromatic N) is 2. The molecule has 1 aromatic rings. The molecule has 0 spiro atoms. The summed E-state index contributed by atoms with van der Waals surface area (Å²) in [4.78, 5) is 31.5. The third-order valence-corrected chi connectivity index (χ3v) is 5.56. The molecular weight excluding hydrogens is 355 g/mol. The highest BCUT2D eigenvalue weighted by molar-refractivity contribution is 8.15. The zero-order valence-corrected chi connectivity index (χ0v) is 15.4. The molecule has 0 aromatic heterocycles. The van der Waals surface area contributed by atoms with Gasteiger partial charge in [0.1, 0.15) is 12.4 Å². The van der Waals surface area contributed by atoms with E-state index in [1.807, 2.05) is 6.92 Å². The minimum atomic E-state index is -0.757. The zero-order valence-electron chi connectivity index (χ0n) is 14.6. The van der Waals surface area contributed by atoms with Gasteiger partial charge >= 0.3 is 5.97 Å². The molecule has 0 N–H and O–H groups in total. The van der Waals surface area contributed by atoms with Gasteiger partial charge in [-0.25, -0.2) is 14.2 Å². The molecule has 5 nitrogen and oxygen atoms in total. The quantitative estimate of drug-likeness (QED) is 0.584. The number of esters is 1. The van der Waals surface area contributed by atoms with Gasteiger partial charge in [-0.2, -0.15) is 0 Å². The molecule has 0 aliphatic carbocycles. The van der Waals surface area contributed by atoms with Crippen LogP contribution in [0, 0.1) is 5.82 Å². The number of benzene rings is 1. The molecule has 2 heterocycles. The molecule has 7 heteroatoms. The van der Waals surface area contributed by atoms with Gasteiger partial charge in [-0.3, -0.25) is 9.69 Å². The second-order valence-corrected chi connectivity index (χ2v) is 7.13. The normalized spacial score (nSPS) is 22.2. The Kier molecular flexibility index (Phi) is 5.27. The summed E-state index contributed by atoms with van der Waals surface area (Å²) in [5.41, 5.74) is 1.22. The van der Waals surface area contributed by atoms with Gasteiger partial charge in [0.25, 0.3) is 0 Å². The molecule has 0 unspecified atom stereocenters. The average molecular weight is 374 g/mol. The molecule has 0 saturated carbocycles. The maximum Gasteiger partial charge on any atom is 0.338 e. The maximum atomic E-state index is 13.8. The Morgan fingerprint density at radius 2 is 2.27 bits per heavy atom. The van der Waals surface area contributed by atoms with Crippen molar-refractivity contribution in [1.82, 2.24) is 4.90 Å². The number of thioether (sulfide) groups is 1. The van der Waals surface area contributed by atoms with Gasteiger partial charge in [0.2, 0.25) is 5.91 Å². The molecular formula is C19H19FN2O3S. The summed E-state index contributed by atoms with van der Waals surface area (Å²) in [7, 11) is 0. The lowest BCUT2D eigenvalue weighted by atomic mass is 9.94. The van der Waals surface area contributed by atoms with Crippen molar-refractivity contribution in [3.63, 3.8) is 0 Å². The topological polar surface area (TPSA) is 59.0 Å². The number of rotatable bonds is 5. The number of hydrogen-bond donors (Lipinski definition) is 0. The Morgan fingerprint density at radius 1 is 1.50 bits per heavy atom. The highest BCUT2D eigenvalue weighted by atomic mass is 32.2. The molecule has 1 amide bonds. The first-order valence-corrected chi connectivity index (χ1v) is 9.18. The smallest absolute Gasteiger partial charge is 0.338 e. The Hall–Kier alpha value is -2.41. The summed E-state index contributed by atoms with van der Waals surface area (Å²) in [5, 5.41) is 0.273. The van der Waals surface area contributed by atoms with Crippen molar-refractivity contribution in [3.05, 3.63) is 59.6 Å². The van der Waals surface area contributed by atoms with Crippen LogP contribution in [0.4, 0.5) is 4.39 Å². The lowest BCUT2D eigenvalue weighted by Crippen LogP contribution is -2.40. The Labute approximate surface area is 155 Å². The Bertz CT molecular complexity index is 834. The largest absolute Gasteiger partial charge is 0.458 e. The molecule has 1 aromatic carbocycles. The fraction of sp³-hybridized carbons (Fsp3) is 0.316. The fourth-order valence-electron chi connectivity index (χ4n) is 3.05. The van der Waals surface area contributed by atoms with Crippen LogP contribution < -0.4 is 0 Å². The van der Waals surface area contributed by atoms with Crippen molar-refractivity contribution in [2.75, 3.05) is 6.61 Å². The van der Waals surface area contributed by atoms with Gasteiger partial charge in [-0.05, 0) is 31.0 Å². The summed E-state index contributed by atoms with van der Waals surface area (Å²) in [6.45, 7) is 7.20. The Balaban J connectivity index is 2.12. The van der Waals surface area contributed by atoms with Crippen LogP contribution in [0.25, 0.3) is 0 Å². The van der Waals surface area contributed by atoms with Crippen LogP contribution in [0.2, 0.25) is 0 Å². The third-order valence-electron chi connectivity index (χ3n) is 4.24. The number of ether oxygens (including phenoxy) is 1. The second kappa shape index (κ2) is 7.45. The number of halogens is 1. The number of carbonyl (C=O) groups is 2. The fourth-order valence-corrected chi connectivity index (χ4v) is 4.19. The van der Waals surface area contributed by atoms with Crippen LogP contribution >= 0.6 is 11.8 Å². The average Bonchev–Trinajstić information content (AvgIpc) is 2.93. The van der Waals surface area contributed by atoms with E-state index >= 15 is 0 Å². The van der Waals surface area contributed by atoms with Gasteiger partial charge in [-0.1, -0.05) is 43.5 Å². The molecule has 3 rings (SSSR count). The van der Waals surface area contributed by atoms with Crippen molar-refractivity contribution in [2.24, 2.45) is 4.99 Å². The zero-order chi connectivity index (χ0) is 18.8. The van der Waals surface area contributed by atoms with Gasteiger partial charge in [0, 0.05) is 0 Å². The summed E-state index contributed by atoms with van der Waals surface area (Å²) in [6.07, 6.45) is 2.11. The number of aliphatic imine (C=N–C) groups is 1. The lowest BCUT2D eigenvalue weighted by Gasteiger charge is -2.33. The van der Waals surface area contributed by atoms with E-state index in [4.69, 9.17) is 4.74 Å².